The number of imidazole rings is 1. The highest BCUT2D eigenvalue weighted by Crippen LogP contribution is 2.22. The summed E-state index contributed by atoms with van der Waals surface area (Å²) < 4.78 is 6.80. The molecule has 0 aliphatic rings. The molecule has 2 atom stereocenters. The Labute approximate surface area is 118 Å². The third-order valence-corrected chi connectivity index (χ3v) is 3.22. The predicted octanol–water partition coefficient (Wildman–Crippen LogP) is 2.06. The number of aromatic nitrogens is 2. The van der Waals surface area contributed by atoms with Crippen molar-refractivity contribution < 1.29 is 9.53 Å². The molecule has 1 aromatic carbocycles. The molecule has 0 saturated carbocycles. The van der Waals surface area contributed by atoms with Crippen molar-refractivity contribution in [3.05, 3.63) is 54.1 Å². The first kappa shape index (κ1) is 14.3. The Morgan fingerprint density at radius 2 is 2.10 bits per heavy atom. The third-order valence-electron chi connectivity index (χ3n) is 3.22. The molecule has 0 bridgehead atoms. The molecule has 2 unspecified atom stereocenters. The summed E-state index contributed by atoms with van der Waals surface area (Å²) in [7, 11) is 0. The number of esters is 1. The number of nitrogens with zero attached hydrogens (tertiary/aromatic N) is 2. The van der Waals surface area contributed by atoms with Crippen LogP contribution in [0.25, 0.3) is 0 Å². The Morgan fingerprint density at radius 3 is 2.75 bits per heavy atom. The Kier molecular flexibility index (Phi) is 4.53. The number of carbonyl (C=O) groups is 1. The van der Waals surface area contributed by atoms with Crippen LogP contribution in [0.3, 0.4) is 0 Å². The van der Waals surface area contributed by atoms with Crippen LogP contribution in [0.2, 0.25) is 0 Å². The molecule has 5 nitrogen and oxygen atoms in total. The van der Waals surface area contributed by atoms with E-state index in [2.05, 4.69) is 4.98 Å². The summed E-state index contributed by atoms with van der Waals surface area (Å²) in [4.78, 5) is 15.9. The molecule has 1 aromatic heterocycles. The molecule has 2 N–H and O–H groups in total. The monoisotopic (exact) mass is 273 g/mol. The molecule has 0 amide bonds. The van der Waals surface area contributed by atoms with Gasteiger partial charge in [0.2, 0.25) is 0 Å². The zero-order valence-electron chi connectivity index (χ0n) is 11.7. The predicted molar refractivity (Wildman–Crippen MR) is 76.0 cm³/mol. The Bertz CT molecular complexity index is 566. The third kappa shape index (κ3) is 2.88. The minimum Gasteiger partial charge on any atom is -0.464 e. The molecule has 0 fully saturated rings. The maximum absolute atomic E-state index is 11.8. The van der Waals surface area contributed by atoms with Crippen molar-refractivity contribution in [1.29, 1.82) is 0 Å². The van der Waals surface area contributed by atoms with Gasteiger partial charge in [0.15, 0.2) is 0 Å². The van der Waals surface area contributed by atoms with E-state index in [1.165, 1.54) is 0 Å². The largest absolute Gasteiger partial charge is 0.464 e. The Balaban J connectivity index is 2.27. The van der Waals surface area contributed by atoms with E-state index in [1.54, 1.807) is 30.9 Å². The molecule has 2 aromatic rings. The van der Waals surface area contributed by atoms with Crippen molar-refractivity contribution in [1.82, 2.24) is 9.55 Å². The average Bonchev–Trinajstić information content (AvgIpc) is 2.96. The Morgan fingerprint density at radius 1 is 1.40 bits per heavy atom. The molecule has 2 rings (SSSR count). The highest BCUT2D eigenvalue weighted by Gasteiger charge is 2.22. The molecule has 106 valence electrons. The van der Waals surface area contributed by atoms with Gasteiger partial charge in [0, 0.05) is 0 Å². The van der Waals surface area contributed by atoms with Crippen molar-refractivity contribution in [3.63, 3.8) is 0 Å². The summed E-state index contributed by atoms with van der Waals surface area (Å²) in [5, 5.41) is 0. The van der Waals surface area contributed by atoms with Crippen LogP contribution in [0.5, 0.6) is 0 Å². The molecule has 0 aliphatic heterocycles. The van der Waals surface area contributed by atoms with Crippen molar-refractivity contribution in [2.24, 2.45) is 5.73 Å². The number of hydrogen-bond acceptors (Lipinski definition) is 4. The van der Waals surface area contributed by atoms with E-state index in [0.29, 0.717) is 6.61 Å². The van der Waals surface area contributed by atoms with E-state index in [1.807, 2.05) is 30.3 Å². The van der Waals surface area contributed by atoms with Gasteiger partial charge in [-0.2, -0.15) is 0 Å². The van der Waals surface area contributed by atoms with Crippen molar-refractivity contribution in [2.45, 2.75) is 25.9 Å². The Hall–Kier alpha value is -2.14. The minimum absolute atomic E-state index is 0.285. The lowest BCUT2D eigenvalue weighted by molar-refractivity contribution is -0.146. The summed E-state index contributed by atoms with van der Waals surface area (Å²) in [6, 6.07) is 8.95. The van der Waals surface area contributed by atoms with Gasteiger partial charge in [0.05, 0.1) is 30.9 Å². The van der Waals surface area contributed by atoms with Crippen LogP contribution in [-0.2, 0) is 9.53 Å². The number of carbonyl (C=O) groups excluding carboxylic acids is 1. The van der Waals surface area contributed by atoms with Crippen molar-refractivity contribution >= 4 is 5.97 Å². The van der Waals surface area contributed by atoms with Crippen LogP contribution in [0.4, 0.5) is 0 Å². The molecule has 20 heavy (non-hydrogen) atoms. The van der Waals surface area contributed by atoms with Gasteiger partial charge in [-0.3, -0.25) is 0 Å². The normalized spacial score (nSPS) is 13.8. The topological polar surface area (TPSA) is 70.1 Å². The number of hydrogen-bond donors (Lipinski definition) is 1. The first-order valence-corrected chi connectivity index (χ1v) is 6.64. The van der Waals surface area contributed by atoms with Gasteiger partial charge in [0.25, 0.3) is 0 Å². The molecule has 0 radical (unpaired) electrons. The van der Waals surface area contributed by atoms with Gasteiger partial charge in [-0.05, 0) is 19.4 Å². The first-order valence-electron chi connectivity index (χ1n) is 6.64. The zero-order chi connectivity index (χ0) is 14.5. The zero-order valence-corrected chi connectivity index (χ0v) is 11.7. The van der Waals surface area contributed by atoms with Crippen LogP contribution in [0.15, 0.2) is 42.9 Å². The summed E-state index contributed by atoms with van der Waals surface area (Å²) >= 11 is 0. The summed E-state index contributed by atoms with van der Waals surface area (Å²) in [5.74, 6) is -0.285. The minimum atomic E-state index is -0.442. The lowest BCUT2D eigenvalue weighted by atomic mass is 10.0. The van der Waals surface area contributed by atoms with Crippen LogP contribution >= 0.6 is 0 Å². The quantitative estimate of drug-likeness (QED) is 0.846. The summed E-state index contributed by atoms with van der Waals surface area (Å²) in [6.07, 6.45) is 3.30. The van der Waals surface area contributed by atoms with E-state index >= 15 is 0 Å². The summed E-state index contributed by atoms with van der Waals surface area (Å²) in [5.41, 5.74) is 8.03. The van der Waals surface area contributed by atoms with Gasteiger partial charge < -0.3 is 15.0 Å². The average molecular weight is 273 g/mol. The fourth-order valence-corrected chi connectivity index (χ4v) is 2.09. The lowest BCUT2D eigenvalue weighted by Gasteiger charge is -2.19. The highest BCUT2D eigenvalue weighted by atomic mass is 16.5. The standard InChI is InChI=1S/C15H19N3O2/c1-3-20-15(19)11(2)18-10-17-9-13(18)14(16)12-7-5-4-6-8-12/h4-11,14H,3,16H2,1-2H3. The summed E-state index contributed by atoms with van der Waals surface area (Å²) in [6.45, 7) is 3.92. The van der Waals surface area contributed by atoms with E-state index in [4.69, 9.17) is 10.5 Å². The first-order chi connectivity index (χ1) is 9.65. The smallest absolute Gasteiger partial charge is 0.328 e. The maximum atomic E-state index is 11.8. The van der Waals surface area contributed by atoms with Crippen LogP contribution < -0.4 is 5.73 Å². The van der Waals surface area contributed by atoms with Gasteiger partial charge in [0.1, 0.15) is 6.04 Å². The van der Waals surface area contributed by atoms with Crippen LogP contribution in [0.1, 0.15) is 37.2 Å². The van der Waals surface area contributed by atoms with Crippen LogP contribution in [0, 0.1) is 0 Å². The fraction of sp³-hybridized carbons (Fsp3) is 0.333. The van der Waals surface area contributed by atoms with Gasteiger partial charge in [-0.1, -0.05) is 30.3 Å². The second-order valence-electron chi connectivity index (χ2n) is 4.54. The van der Waals surface area contributed by atoms with E-state index in [9.17, 15) is 4.79 Å². The number of rotatable bonds is 5. The second-order valence-corrected chi connectivity index (χ2v) is 4.54. The molecule has 5 heteroatoms. The number of nitrogens with two attached hydrogens (primary N) is 1. The van der Waals surface area contributed by atoms with Gasteiger partial charge in [-0.15, -0.1) is 0 Å². The van der Waals surface area contributed by atoms with Crippen molar-refractivity contribution in [3.8, 4) is 0 Å². The van der Waals surface area contributed by atoms with Gasteiger partial charge in [-0.25, -0.2) is 9.78 Å². The van der Waals surface area contributed by atoms with E-state index in [-0.39, 0.29) is 12.0 Å². The van der Waals surface area contributed by atoms with Crippen molar-refractivity contribution in [2.75, 3.05) is 6.61 Å². The number of benzene rings is 1. The molecular formula is C15H19N3O2. The highest BCUT2D eigenvalue weighted by molar-refractivity contribution is 5.73. The SMILES string of the molecule is CCOC(=O)C(C)n1cncc1C(N)c1ccccc1. The van der Waals surface area contributed by atoms with Crippen LogP contribution in [-0.4, -0.2) is 22.1 Å². The van der Waals surface area contributed by atoms with E-state index in [0.717, 1.165) is 11.3 Å². The number of ether oxygens (including phenoxy) is 1. The molecule has 0 spiro atoms. The molecule has 0 aliphatic carbocycles. The fourth-order valence-electron chi connectivity index (χ4n) is 2.09. The molecular weight excluding hydrogens is 254 g/mol. The lowest BCUT2D eigenvalue weighted by Crippen LogP contribution is -2.24. The van der Waals surface area contributed by atoms with E-state index < -0.39 is 6.04 Å². The second kappa shape index (κ2) is 6.34. The molecule has 1 heterocycles. The maximum Gasteiger partial charge on any atom is 0.328 e. The molecule has 0 saturated heterocycles. The van der Waals surface area contributed by atoms with Gasteiger partial charge >= 0.3 is 5.97 Å².